The van der Waals surface area contributed by atoms with E-state index in [4.69, 9.17) is 9.94 Å². The second-order valence-corrected chi connectivity index (χ2v) is 11.5. The first-order chi connectivity index (χ1) is 20.9. The highest BCUT2D eigenvalue weighted by Gasteiger charge is 2.38. The van der Waals surface area contributed by atoms with E-state index in [2.05, 4.69) is 10.3 Å². The smallest absolute Gasteiger partial charge is 0.333 e. The molecule has 10 heteroatoms. The molecule has 5 rings (SSSR count). The van der Waals surface area contributed by atoms with Crippen LogP contribution in [0.15, 0.2) is 54.6 Å². The fraction of sp³-hybridized carbons (Fsp3) is 0.455. The number of ether oxygens (including phenoxy) is 1. The summed E-state index contributed by atoms with van der Waals surface area (Å²) < 4.78 is 5.81. The summed E-state index contributed by atoms with van der Waals surface area (Å²) in [6.45, 7) is 0.287. The first kappa shape index (κ1) is 30.3. The third-order valence-corrected chi connectivity index (χ3v) is 8.54. The number of hydrogen-bond acceptors (Lipinski definition) is 6. The summed E-state index contributed by atoms with van der Waals surface area (Å²) in [5.41, 5.74) is 5.13. The molecule has 2 heterocycles. The number of aromatic amines is 1. The predicted octanol–water partition coefficient (Wildman–Crippen LogP) is 4.61. The molecule has 43 heavy (non-hydrogen) atoms. The summed E-state index contributed by atoms with van der Waals surface area (Å²) >= 11 is 0. The van der Waals surface area contributed by atoms with Crippen LogP contribution in [-0.4, -0.2) is 50.9 Å². The van der Waals surface area contributed by atoms with Gasteiger partial charge in [0, 0.05) is 48.0 Å². The molecule has 3 aromatic rings. The Labute approximate surface area is 251 Å². The molecule has 0 saturated heterocycles. The van der Waals surface area contributed by atoms with Crippen LogP contribution in [-0.2, 0) is 36.9 Å². The van der Waals surface area contributed by atoms with Crippen LogP contribution < -0.4 is 10.8 Å². The van der Waals surface area contributed by atoms with Gasteiger partial charge in [0.05, 0.1) is 0 Å². The Kier molecular flexibility index (Phi) is 10.1. The fourth-order valence-corrected chi connectivity index (χ4v) is 6.21. The van der Waals surface area contributed by atoms with Crippen molar-refractivity contribution >= 4 is 34.6 Å². The van der Waals surface area contributed by atoms with Crippen LogP contribution >= 0.6 is 0 Å². The quantitative estimate of drug-likeness (QED) is 0.105. The van der Waals surface area contributed by atoms with E-state index in [0.717, 1.165) is 60.7 Å². The van der Waals surface area contributed by atoms with Gasteiger partial charge in [-0.05, 0) is 50.2 Å². The molecule has 4 N–H and O–H groups in total. The van der Waals surface area contributed by atoms with Crippen LogP contribution in [0.1, 0.15) is 87.1 Å². The van der Waals surface area contributed by atoms with Gasteiger partial charge in [-0.1, -0.05) is 61.4 Å². The zero-order chi connectivity index (χ0) is 30.2. The van der Waals surface area contributed by atoms with Gasteiger partial charge in [-0.25, -0.2) is 10.3 Å². The lowest BCUT2D eigenvalue weighted by Gasteiger charge is -2.36. The molecular weight excluding hydrogens is 548 g/mol. The lowest BCUT2D eigenvalue weighted by Crippen LogP contribution is -2.53. The molecule has 0 unspecified atom stereocenters. The lowest BCUT2D eigenvalue weighted by atomic mass is 9.96. The Morgan fingerprint density at radius 3 is 2.37 bits per heavy atom. The highest BCUT2D eigenvalue weighted by atomic mass is 16.5. The summed E-state index contributed by atoms with van der Waals surface area (Å²) in [4.78, 5) is 57.3. The van der Waals surface area contributed by atoms with Gasteiger partial charge >= 0.3 is 5.97 Å². The standard InChI is InChI=1S/C33H40N4O6/c38-29(36-42)18-6-1-2-7-19-30(39)37-21-25-24-16-10-11-17-26(24)34-27(25)20-28(37)32(40)35-31(22-12-4-3-5-13-22)33(41)43-23-14-8-9-15-23/h3-5,10-13,16-17,23,28,31,34,42H,1-2,6-9,14-15,18-21H2,(H,35,40)(H,36,38)/t28-,31+/m1/s1. The minimum Gasteiger partial charge on any atom is -0.461 e. The van der Waals surface area contributed by atoms with Crippen LogP contribution in [0.5, 0.6) is 0 Å². The van der Waals surface area contributed by atoms with E-state index >= 15 is 0 Å². The molecule has 10 nitrogen and oxygen atoms in total. The highest BCUT2D eigenvalue weighted by Crippen LogP contribution is 2.32. The van der Waals surface area contributed by atoms with Gasteiger partial charge in [0.15, 0.2) is 6.04 Å². The predicted molar refractivity (Wildman–Crippen MR) is 160 cm³/mol. The van der Waals surface area contributed by atoms with E-state index in [0.29, 0.717) is 24.8 Å². The Bertz CT molecular complexity index is 1430. The molecule has 0 bridgehead atoms. The number of hydrogen-bond donors (Lipinski definition) is 4. The van der Waals surface area contributed by atoms with Crippen LogP contribution in [0.3, 0.4) is 0 Å². The molecule has 3 amide bonds. The molecule has 0 radical (unpaired) electrons. The van der Waals surface area contributed by atoms with Crippen LogP contribution in [0.25, 0.3) is 10.9 Å². The van der Waals surface area contributed by atoms with Gasteiger partial charge < -0.3 is 19.9 Å². The number of amides is 3. The SMILES string of the molecule is O=C(CCCCCCC(=O)N1Cc2c([nH]c3ccccc23)C[C@@H]1C(=O)N[C@H](C(=O)OC1CCCC1)c1ccccc1)NO. The van der Waals surface area contributed by atoms with Gasteiger partial charge in [-0.2, -0.15) is 0 Å². The van der Waals surface area contributed by atoms with Crippen molar-refractivity contribution < 1.29 is 29.1 Å². The molecule has 2 aromatic carbocycles. The Balaban J connectivity index is 1.33. The van der Waals surface area contributed by atoms with E-state index in [9.17, 15) is 19.2 Å². The van der Waals surface area contributed by atoms with Crippen molar-refractivity contribution in [3.05, 3.63) is 71.4 Å². The summed E-state index contributed by atoms with van der Waals surface area (Å²) in [5, 5.41) is 12.6. The molecule has 2 aliphatic rings. The van der Waals surface area contributed by atoms with E-state index in [1.807, 2.05) is 42.5 Å². The Hall–Kier alpha value is -4.18. The number of hydroxylamine groups is 1. The summed E-state index contributed by atoms with van der Waals surface area (Å²) in [6.07, 6.45) is 7.06. The first-order valence-corrected chi connectivity index (χ1v) is 15.3. The zero-order valence-electron chi connectivity index (χ0n) is 24.3. The number of carbonyl (C=O) groups is 4. The number of fused-ring (bicyclic) bond motifs is 3. The number of benzene rings is 2. The minimum atomic E-state index is -0.980. The van der Waals surface area contributed by atoms with E-state index < -0.39 is 29.9 Å². The number of nitrogens with one attached hydrogen (secondary N) is 3. The van der Waals surface area contributed by atoms with Gasteiger partial charge in [-0.3, -0.25) is 19.6 Å². The highest BCUT2D eigenvalue weighted by molar-refractivity contribution is 5.93. The van der Waals surface area contributed by atoms with Crippen molar-refractivity contribution in [3.63, 3.8) is 0 Å². The monoisotopic (exact) mass is 588 g/mol. The summed E-state index contributed by atoms with van der Waals surface area (Å²) in [6, 6.07) is 15.2. The molecule has 1 aliphatic carbocycles. The zero-order valence-corrected chi connectivity index (χ0v) is 24.3. The number of aromatic nitrogens is 1. The van der Waals surface area contributed by atoms with Gasteiger partial charge in [0.25, 0.3) is 0 Å². The first-order valence-electron chi connectivity index (χ1n) is 15.3. The fourth-order valence-electron chi connectivity index (χ4n) is 6.21. The van der Waals surface area contributed by atoms with Crippen molar-refractivity contribution in [1.82, 2.24) is 20.7 Å². The molecule has 1 saturated carbocycles. The number of carbonyl (C=O) groups excluding carboxylic acids is 4. The number of unbranched alkanes of at least 4 members (excludes halogenated alkanes) is 3. The van der Waals surface area contributed by atoms with Crippen LogP contribution in [0.4, 0.5) is 0 Å². The van der Waals surface area contributed by atoms with Crippen molar-refractivity contribution in [3.8, 4) is 0 Å². The normalized spacial score (nSPS) is 17.3. The lowest BCUT2D eigenvalue weighted by molar-refractivity contribution is -0.154. The van der Waals surface area contributed by atoms with Crippen molar-refractivity contribution in [2.24, 2.45) is 0 Å². The second-order valence-electron chi connectivity index (χ2n) is 11.5. The third-order valence-electron chi connectivity index (χ3n) is 8.54. The molecular formula is C33H40N4O6. The van der Waals surface area contributed by atoms with Crippen LogP contribution in [0.2, 0.25) is 0 Å². The molecule has 1 aromatic heterocycles. The molecule has 1 fully saturated rings. The van der Waals surface area contributed by atoms with Crippen molar-refractivity contribution in [2.75, 3.05) is 0 Å². The van der Waals surface area contributed by atoms with Crippen molar-refractivity contribution in [1.29, 1.82) is 0 Å². The number of esters is 1. The third kappa shape index (κ3) is 7.43. The molecule has 228 valence electrons. The number of para-hydroxylation sites is 1. The number of H-pyrrole nitrogens is 1. The topological polar surface area (TPSA) is 141 Å². The van der Waals surface area contributed by atoms with Crippen molar-refractivity contribution in [2.45, 2.75) is 95.4 Å². The summed E-state index contributed by atoms with van der Waals surface area (Å²) in [5.74, 6) is -1.44. The maximum atomic E-state index is 14.0. The second kappa shape index (κ2) is 14.3. The van der Waals surface area contributed by atoms with Gasteiger partial charge in [0.1, 0.15) is 12.1 Å². The minimum absolute atomic E-state index is 0.131. The largest absolute Gasteiger partial charge is 0.461 e. The van der Waals surface area contributed by atoms with E-state index in [1.54, 1.807) is 22.5 Å². The van der Waals surface area contributed by atoms with E-state index in [-0.39, 0.29) is 31.4 Å². The molecule has 1 aliphatic heterocycles. The Morgan fingerprint density at radius 1 is 0.930 bits per heavy atom. The number of rotatable bonds is 12. The van der Waals surface area contributed by atoms with Gasteiger partial charge in [-0.15, -0.1) is 0 Å². The Morgan fingerprint density at radius 2 is 1.63 bits per heavy atom. The van der Waals surface area contributed by atoms with E-state index in [1.165, 1.54) is 0 Å². The average Bonchev–Trinajstić information content (AvgIpc) is 3.68. The van der Waals surface area contributed by atoms with Gasteiger partial charge in [0.2, 0.25) is 17.7 Å². The van der Waals surface area contributed by atoms with Crippen LogP contribution in [0, 0.1) is 0 Å². The average molecular weight is 589 g/mol. The molecule has 0 spiro atoms. The molecule has 2 atom stereocenters. The number of nitrogens with zero attached hydrogens (tertiary/aromatic N) is 1. The maximum absolute atomic E-state index is 14.0. The maximum Gasteiger partial charge on any atom is 0.333 e. The summed E-state index contributed by atoms with van der Waals surface area (Å²) in [7, 11) is 0.